The van der Waals surface area contributed by atoms with Gasteiger partial charge in [0.25, 0.3) is 0 Å². The lowest BCUT2D eigenvalue weighted by molar-refractivity contribution is -0.142. The Labute approximate surface area is 104 Å². The van der Waals surface area contributed by atoms with E-state index in [1.54, 1.807) is 0 Å². The lowest BCUT2D eigenvalue weighted by Gasteiger charge is -2.15. The molecule has 0 unspecified atom stereocenters. The average molecular weight is 255 g/mol. The summed E-state index contributed by atoms with van der Waals surface area (Å²) in [7, 11) is 0. The van der Waals surface area contributed by atoms with E-state index in [1.807, 2.05) is 11.8 Å². The molecule has 3 nitrogen and oxygen atoms in total. The van der Waals surface area contributed by atoms with Crippen molar-refractivity contribution in [3.05, 3.63) is 35.4 Å². The molecule has 1 fully saturated rings. The Morgan fingerprint density at radius 2 is 1.94 bits per heavy atom. The fourth-order valence-electron chi connectivity index (χ4n) is 2.48. The number of hydrogen-bond acceptors (Lipinski definition) is 2. The van der Waals surface area contributed by atoms with Crippen LogP contribution in [0.5, 0.6) is 0 Å². The van der Waals surface area contributed by atoms with Crippen LogP contribution in [0.2, 0.25) is 0 Å². The van der Waals surface area contributed by atoms with Crippen LogP contribution in [0.4, 0.5) is 8.78 Å². The summed E-state index contributed by atoms with van der Waals surface area (Å²) >= 11 is 0. The monoisotopic (exact) mass is 255 g/mol. The second kappa shape index (κ2) is 5.02. The van der Waals surface area contributed by atoms with E-state index in [1.165, 1.54) is 12.1 Å². The Morgan fingerprint density at radius 3 is 2.44 bits per heavy atom. The van der Waals surface area contributed by atoms with Crippen LogP contribution in [0.1, 0.15) is 12.5 Å². The number of carboxylic acid groups (broad SMARTS) is 1. The second-order valence-corrected chi connectivity index (χ2v) is 4.89. The molecule has 0 amide bonds. The third kappa shape index (κ3) is 2.85. The highest BCUT2D eigenvalue weighted by Gasteiger charge is 2.34. The highest BCUT2D eigenvalue weighted by Crippen LogP contribution is 2.24. The van der Waals surface area contributed by atoms with Gasteiger partial charge in [-0.15, -0.1) is 0 Å². The van der Waals surface area contributed by atoms with Crippen molar-refractivity contribution in [2.75, 3.05) is 13.1 Å². The average Bonchev–Trinajstić information content (AvgIpc) is 2.57. The Balaban J connectivity index is 2.05. The predicted octanol–water partition coefficient (Wildman–Crippen LogP) is 2.12. The topological polar surface area (TPSA) is 40.5 Å². The van der Waals surface area contributed by atoms with Gasteiger partial charge in [-0.2, -0.15) is 0 Å². The molecule has 0 saturated carbocycles. The van der Waals surface area contributed by atoms with E-state index in [0.29, 0.717) is 25.2 Å². The summed E-state index contributed by atoms with van der Waals surface area (Å²) in [4.78, 5) is 12.9. The number of halogens is 2. The molecule has 1 saturated heterocycles. The van der Waals surface area contributed by atoms with Crippen molar-refractivity contribution in [2.45, 2.75) is 13.5 Å². The first-order valence-electron chi connectivity index (χ1n) is 5.86. The van der Waals surface area contributed by atoms with Gasteiger partial charge in [-0.25, -0.2) is 8.78 Å². The van der Waals surface area contributed by atoms with Gasteiger partial charge in [-0.1, -0.05) is 6.92 Å². The molecule has 98 valence electrons. The summed E-state index contributed by atoms with van der Waals surface area (Å²) in [6, 6.07) is 3.39. The molecule has 0 radical (unpaired) electrons. The van der Waals surface area contributed by atoms with E-state index < -0.39 is 23.5 Å². The van der Waals surface area contributed by atoms with Crippen LogP contribution in [0.3, 0.4) is 0 Å². The Morgan fingerprint density at radius 1 is 1.33 bits per heavy atom. The SMILES string of the molecule is C[C@@H]1CN(Cc2cc(F)cc(F)c2)C[C@H]1C(=O)O. The molecule has 1 aliphatic rings. The van der Waals surface area contributed by atoms with E-state index in [2.05, 4.69) is 0 Å². The number of rotatable bonds is 3. The highest BCUT2D eigenvalue weighted by molar-refractivity contribution is 5.71. The molecule has 0 spiro atoms. The molecule has 1 N–H and O–H groups in total. The summed E-state index contributed by atoms with van der Waals surface area (Å²) in [5.41, 5.74) is 0.533. The number of carbonyl (C=O) groups is 1. The minimum absolute atomic E-state index is 0.0564. The van der Waals surface area contributed by atoms with Crippen LogP contribution < -0.4 is 0 Å². The molecule has 1 aromatic carbocycles. The first-order valence-corrected chi connectivity index (χ1v) is 5.86. The minimum atomic E-state index is -0.810. The standard InChI is InChI=1S/C13H15F2NO2/c1-8-5-16(7-12(8)13(17)18)6-9-2-10(14)4-11(15)3-9/h2-4,8,12H,5-7H2,1H3,(H,17,18)/t8-,12-/m1/s1. The first-order chi connectivity index (χ1) is 8.45. The normalized spacial score (nSPS) is 24.4. The van der Waals surface area contributed by atoms with E-state index in [4.69, 9.17) is 5.11 Å². The molecule has 0 bridgehead atoms. The fourth-order valence-corrected chi connectivity index (χ4v) is 2.48. The molecule has 1 aromatic rings. The van der Waals surface area contributed by atoms with Crippen LogP contribution in [-0.4, -0.2) is 29.1 Å². The molecule has 1 aliphatic heterocycles. The lowest BCUT2D eigenvalue weighted by atomic mass is 9.99. The number of likely N-dealkylation sites (tertiary alicyclic amines) is 1. The van der Waals surface area contributed by atoms with Crippen molar-refractivity contribution in [1.29, 1.82) is 0 Å². The fraction of sp³-hybridized carbons (Fsp3) is 0.462. The summed E-state index contributed by atoms with van der Waals surface area (Å²) in [5.74, 6) is -2.36. The molecule has 5 heteroatoms. The molecule has 2 atom stereocenters. The van der Waals surface area contributed by atoms with Gasteiger partial charge < -0.3 is 5.11 Å². The van der Waals surface area contributed by atoms with E-state index in [0.717, 1.165) is 6.07 Å². The zero-order chi connectivity index (χ0) is 13.3. The molecule has 2 rings (SSSR count). The minimum Gasteiger partial charge on any atom is -0.481 e. The maximum absolute atomic E-state index is 13.0. The van der Waals surface area contributed by atoms with Gasteiger partial charge in [0.05, 0.1) is 5.92 Å². The third-order valence-corrected chi connectivity index (χ3v) is 3.33. The van der Waals surface area contributed by atoms with Gasteiger partial charge in [-0.05, 0) is 23.6 Å². The molecule has 1 heterocycles. The summed E-state index contributed by atoms with van der Waals surface area (Å²) in [6.45, 7) is 3.32. The van der Waals surface area contributed by atoms with E-state index >= 15 is 0 Å². The molecule has 0 aromatic heterocycles. The smallest absolute Gasteiger partial charge is 0.308 e. The van der Waals surface area contributed by atoms with Crippen molar-refractivity contribution in [3.63, 3.8) is 0 Å². The zero-order valence-electron chi connectivity index (χ0n) is 10.1. The van der Waals surface area contributed by atoms with Crippen LogP contribution in [0, 0.1) is 23.5 Å². The molecular formula is C13H15F2NO2. The number of aliphatic carboxylic acids is 1. The Hall–Kier alpha value is -1.49. The summed E-state index contributed by atoms with van der Waals surface area (Å²) in [6.07, 6.45) is 0. The van der Waals surface area contributed by atoms with Crippen LogP contribution in [0.15, 0.2) is 18.2 Å². The first kappa shape index (κ1) is 13.0. The number of hydrogen-bond donors (Lipinski definition) is 1. The zero-order valence-corrected chi connectivity index (χ0v) is 10.1. The number of nitrogens with zero attached hydrogens (tertiary/aromatic N) is 1. The van der Waals surface area contributed by atoms with Gasteiger partial charge in [0.15, 0.2) is 0 Å². The van der Waals surface area contributed by atoms with Gasteiger partial charge in [0, 0.05) is 25.7 Å². The maximum atomic E-state index is 13.0. The second-order valence-electron chi connectivity index (χ2n) is 4.89. The van der Waals surface area contributed by atoms with Crippen molar-refractivity contribution in [2.24, 2.45) is 11.8 Å². The van der Waals surface area contributed by atoms with E-state index in [9.17, 15) is 13.6 Å². The van der Waals surface area contributed by atoms with Gasteiger partial charge in [-0.3, -0.25) is 9.69 Å². The summed E-state index contributed by atoms with van der Waals surface area (Å²) < 4.78 is 26.1. The number of benzene rings is 1. The maximum Gasteiger partial charge on any atom is 0.308 e. The highest BCUT2D eigenvalue weighted by atomic mass is 19.1. The largest absolute Gasteiger partial charge is 0.481 e. The molecular weight excluding hydrogens is 240 g/mol. The number of carboxylic acids is 1. The van der Waals surface area contributed by atoms with E-state index in [-0.39, 0.29) is 5.92 Å². The van der Waals surface area contributed by atoms with Crippen molar-refractivity contribution in [1.82, 2.24) is 4.90 Å². The predicted molar refractivity (Wildman–Crippen MR) is 61.9 cm³/mol. The van der Waals surface area contributed by atoms with Crippen molar-refractivity contribution < 1.29 is 18.7 Å². The summed E-state index contributed by atoms with van der Waals surface area (Å²) in [5, 5.41) is 9.01. The molecule has 18 heavy (non-hydrogen) atoms. The lowest BCUT2D eigenvalue weighted by Crippen LogP contribution is -2.23. The van der Waals surface area contributed by atoms with Gasteiger partial charge >= 0.3 is 5.97 Å². The molecule has 0 aliphatic carbocycles. The van der Waals surface area contributed by atoms with Gasteiger partial charge in [0.1, 0.15) is 11.6 Å². The van der Waals surface area contributed by atoms with Crippen molar-refractivity contribution in [3.8, 4) is 0 Å². The Bertz CT molecular complexity index is 444. The van der Waals surface area contributed by atoms with Crippen LogP contribution >= 0.6 is 0 Å². The van der Waals surface area contributed by atoms with Crippen LogP contribution in [0.25, 0.3) is 0 Å². The van der Waals surface area contributed by atoms with Crippen LogP contribution in [-0.2, 0) is 11.3 Å². The van der Waals surface area contributed by atoms with Gasteiger partial charge in [0.2, 0.25) is 0 Å². The quantitative estimate of drug-likeness (QED) is 0.899. The van der Waals surface area contributed by atoms with Crippen molar-refractivity contribution >= 4 is 5.97 Å². The Kier molecular flexibility index (Phi) is 3.61. The third-order valence-electron chi connectivity index (χ3n) is 3.33.